The monoisotopic (exact) mass is 253 g/mol. The van der Waals surface area contributed by atoms with Gasteiger partial charge >= 0.3 is 0 Å². The van der Waals surface area contributed by atoms with Crippen molar-refractivity contribution >= 4 is 21.4 Å². The summed E-state index contributed by atoms with van der Waals surface area (Å²) in [7, 11) is -2.02. The van der Waals surface area contributed by atoms with Crippen LogP contribution in [-0.4, -0.2) is 23.0 Å². The molecule has 3 N–H and O–H groups in total. The van der Waals surface area contributed by atoms with E-state index in [0.717, 1.165) is 0 Å². The van der Waals surface area contributed by atoms with E-state index in [1.807, 2.05) is 0 Å². The molecule has 0 radical (unpaired) electrons. The van der Waals surface area contributed by atoms with Crippen LogP contribution >= 0.6 is 0 Å². The number of imidazole rings is 1. The van der Waals surface area contributed by atoms with Crippen molar-refractivity contribution in [2.45, 2.75) is 5.03 Å². The number of anilines is 2. The van der Waals surface area contributed by atoms with Gasteiger partial charge in [-0.05, 0) is 6.07 Å². The normalized spacial score (nSPS) is 11.4. The number of nitrogens with two attached hydrogens (primary N) is 1. The van der Waals surface area contributed by atoms with Crippen molar-refractivity contribution in [2.75, 3.05) is 10.5 Å². The third kappa shape index (κ3) is 2.36. The molecule has 7 nitrogen and oxygen atoms in total. The summed E-state index contributed by atoms with van der Waals surface area (Å²) >= 11 is 0. The first-order valence-electron chi connectivity index (χ1n) is 4.69. The summed E-state index contributed by atoms with van der Waals surface area (Å²) < 4.78 is 27.7. The Labute approximate surface area is 98.4 Å². The lowest BCUT2D eigenvalue weighted by atomic mass is 10.4. The maximum atomic E-state index is 11.9. The van der Waals surface area contributed by atoms with Crippen LogP contribution < -0.4 is 10.5 Å². The number of nitrogen functional groups attached to an aromatic ring is 1. The van der Waals surface area contributed by atoms with E-state index in [-0.39, 0.29) is 16.4 Å². The largest absolute Gasteiger partial charge is 0.396 e. The molecular weight excluding hydrogens is 242 g/mol. The highest BCUT2D eigenvalue weighted by molar-refractivity contribution is 7.92. The molecule has 0 unspecified atom stereocenters. The van der Waals surface area contributed by atoms with Crippen molar-refractivity contribution in [1.29, 1.82) is 0 Å². The Balaban J connectivity index is 2.33. The van der Waals surface area contributed by atoms with Gasteiger partial charge in [-0.25, -0.2) is 4.98 Å². The molecule has 0 amide bonds. The zero-order chi connectivity index (χ0) is 12.5. The predicted molar refractivity (Wildman–Crippen MR) is 62.7 cm³/mol. The molecule has 0 spiro atoms. The zero-order valence-electron chi connectivity index (χ0n) is 9.03. The van der Waals surface area contributed by atoms with Gasteiger partial charge in [0.25, 0.3) is 10.0 Å². The van der Waals surface area contributed by atoms with Crippen LogP contribution in [0.3, 0.4) is 0 Å². The van der Waals surface area contributed by atoms with Gasteiger partial charge in [-0.3, -0.25) is 9.71 Å². The van der Waals surface area contributed by atoms with Crippen LogP contribution in [0, 0.1) is 0 Å². The Morgan fingerprint density at radius 3 is 2.82 bits per heavy atom. The van der Waals surface area contributed by atoms with E-state index in [2.05, 4.69) is 14.7 Å². The minimum absolute atomic E-state index is 0.0591. The lowest BCUT2D eigenvalue weighted by Gasteiger charge is -2.07. The second kappa shape index (κ2) is 4.06. The first-order valence-corrected chi connectivity index (χ1v) is 6.17. The van der Waals surface area contributed by atoms with Crippen LogP contribution in [0.1, 0.15) is 0 Å². The number of hydrogen-bond acceptors (Lipinski definition) is 5. The molecule has 2 aromatic rings. The highest BCUT2D eigenvalue weighted by Gasteiger charge is 2.17. The van der Waals surface area contributed by atoms with Crippen LogP contribution in [0.2, 0.25) is 0 Å². The van der Waals surface area contributed by atoms with Crippen molar-refractivity contribution in [2.24, 2.45) is 7.05 Å². The number of hydrogen-bond donors (Lipinski definition) is 2. The van der Waals surface area contributed by atoms with E-state index in [1.165, 1.54) is 31.0 Å². The van der Waals surface area contributed by atoms with Gasteiger partial charge in [0.1, 0.15) is 0 Å². The maximum Gasteiger partial charge on any atom is 0.281 e. The third-order valence-electron chi connectivity index (χ3n) is 2.05. The molecule has 0 saturated heterocycles. The second-order valence-corrected chi connectivity index (χ2v) is 5.08. The Morgan fingerprint density at radius 1 is 1.47 bits per heavy atom. The van der Waals surface area contributed by atoms with Crippen molar-refractivity contribution in [3.63, 3.8) is 0 Å². The molecule has 0 saturated carbocycles. The minimum atomic E-state index is -3.70. The van der Waals surface area contributed by atoms with Crippen molar-refractivity contribution < 1.29 is 8.42 Å². The van der Waals surface area contributed by atoms with E-state index in [9.17, 15) is 8.42 Å². The average Bonchev–Trinajstić information content (AvgIpc) is 2.69. The first kappa shape index (κ1) is 11.4. The van der Waals surface area contributed by atoms with E-state index in [4.69, 9.17) is 5.73 Å². The molecule has 2 aromatic heterocycles. The summed E-state index contributed by atoms with van der Waals surface area (Å²) in [5.41, 5.74) is 6.14. The summed E-state index contributed by atoms with van der Waals surface area (Å²) in [5.74, 6) is 0. The summed E-state index contributed by atoms with van der Waals surface area (Å²) in [6.07, 6.45) is 5.63. The second-order valence-electron chi connectivity index (χ2n) is 3.45. The Hall–Kier alpha value is -2.09. The third-order valence-corrected chi connectivity index (χ3v) is 3.30. The van der Waals surface area contributed by atoms with Gasteiger partial charge in [0.2, 0.25) is 0 Å². The van der Waals surface area contributed by atoms with Gasteiger partial charge < -0.3 is 10.3 Å². The van der Waals surface area contributed by atoms with E-state index in [1.54, 1.807) is 11.6 Å². The quantitative estimate of drug-likeness (QED) is 0.813. The van der Waals surface area contributed by atoms with Gasteiger partial charge in [-0.15, -0.1) is 0 Å². The lowest BCUT2D eigenvalue weighted by Crippen LogP contribution is -2.14. The minimum Gasteiger partial charge on any atom is -0.396 e. The summed E-state index contributed by atoms with van der Waals surface area (Å²) in [6.45, 7) is 0. The Bertz CT molecular complexity index is 634. The molecule has 0 aliphatic heterocycles. The smallest absolute Gasteiger partial charge is 0.281 e. The molecule has 17 heavy (non-hydrogen) atoms. The van der Waals surface area contributed by atoms with Crippen molar-refractivity contribution in [1.82, 2.24) is 14.5 Å². The number of aryl methyl sites for hydroxylation is 1. The molecule has 0 fully saturated rings. The fraction of sp³-hybridized carbons (Fsp3) is 0.111. The number of aromatic nitrogens is 3. The highest BCUT2D eigenvalue weighted by atomic mass is 32.2. The summed E-state index contributed by atoms with van der Waals surface area (Å²) in [6, 6.07) is 1.48. The van der Waals surface area contributed by atoms with E-state index >= 15 is 0 Å². The summed E-state index contributed by atoms with van der Waals surface area (Å²) in [4.78, 5) is 7.54. The number of rotatable bonds is 3. The van der Waals surface area contributed by atoms with Crippen LogP contribution in [0.25, 0.3) is 0 Å². The van der Waals surface area contributed by atoms with Crippen LogP contribution in [-0.2, 0) is 17.1 Å². The van der Waals surface area contributed by atoms with Crippen molar-refractivity contribution in [3.8, 4) is 0 Å². The van der Waals surface area contributed by atoms with Crippen molar-refractivity contribution in [3.05, 3.63) is 31.0 Å². The number of sulfonamides is 1. The lowest BCUT2D eigenvalue weighted by molar-refractivity contribution is 0.598. The molecule has 2 heterocycles. The summed E-state index contributed by atoms with van der Waals surface area (Å²) in [5, 5.41) is -0.0591. The van der Waals surface area contributed by atoms with Gasteiger partial charge in [0.15, 0.2) is 5.03 Å². The molecule has 0 aliphatic rings. The SMILES string of the molecule is Cn1cnc(S(=O)(=O)Nc2ccncc2N)c1. The van der Waals surface area contributed by atoms with Gasteiger partial charge in [0, 0.05) is 19.4 Å². The molecule has 0 bridgehead atoms. The molecule has 2 rings (SSSR count). The number of nitrogens with one attached hydrogen (secondary N) is 1. The van der Waals surface area contributed by atoms with Gasteiger partial charge in [-0.2, -0.15) is 8.42 Å². The highest BCUT2D eigenvalue weighted by Crippen LogP contribution is 2.19. The number of pyridine rings is 1. The number of nitrogens with zero attached hydrogens (tertiary/aromatic N) is 3. The van der Waals surface area contributed by atoms with Crippen LogP contribution in [0.4, 0.5) is 11.4 Å². The standard InChI is InChI=1S/C9H11N5O2S/c1-14-5-9(12-6-14)17(15,16)13-8-2-3-11-4-7(8)10/h2-6H,10H2,1H3,(H,11,13). The fourth-order valence-electron chi connectivity index (χ4n) is 1.22. The molecule has 0 aliphatic carbocycles. The van der Waals surface area contributed by atoms with Gasteiger partial charge in [0.05, 0.1) is 23.9 Å². The van der Waals surface area contributed by atoms with Crippen LogP contribution in [0.15, 0.2) is 36.0 Å². The maximum absolute atomic E-state index is 11.9. The Morgan fingerprint density at radius 2 is 2.24 bits per heavy atom. The predicted octanol–water partition coefficient (Wildman–Crippen LogP) is 0.198. The molecular formula is C9H11N5O2S. The van der Waals surface area contributed by atoms with Crippen LogP contribution in [0.5, 0.6) is 0 Å². The molecule has 0 atom stereocenters. The topological polar surface area (TPSA) is 103 Å². The van der Waals surface area contributed by atoms with E-state index < -0.39 is 10.0 Å². The Kier molecular flexibility index (Phi) is 2.72. The fourth-order valence-corrected chi connectivity index (χ4v) is 2.30. The molecule has 90 valence electrons. The first-order chi connectivity index (χ1) is 7.99. The molecule has 8 heteroatoms. The van der Waals surface area contributed by atoms with E-state index in [0.29, 0.717) is 0 Å². The zero-order valence-corrected chi connectivity index (χ0v) is 9.85. The van der Waals surface area contributed by atoms with Gasteiger partial charge in [-0.1, -0.05) is 0 Å². The average molecular weight is 253 g/mol. The molecule has 0 aromatic carbocycles.